The number of hydrogen-bond donors (Lipinski definition) is 1. The van der Waals surface area contributed by atoms with E-state index in [-0.39, 0.29) is 0 Å². The minimum atomic E-state index is 0.519. The fraction of sp³-hybridized carbons (Fsp3) is 0.412. The summed E-state index contributed by atoms with van der Waals surface area (Å²) in [6.45, 7) is 4.87. The normalized spacial score (nSPS) is 18.2. The summed E-state index contributed by atoms with van der Waals surface area (Å²) < 4.78 is 5.64. The average molecular weight is 270 g/mol. The molecule has 0 aliphatic carbocycles. The summed E-state index contributed by atoms with van der Waals surface area (Å²) in [5.41, 5.74) is 2.92. The Morgan fingerprint density at radius 3 is 2.75 bits per heavy atom. The quantitative estimate of drug-likeness (QED) is 0.926. The maximum atomic E-state index is 5.64. The number of benzene rings is 1. The molecule has 0 spiro atoms. The van der Waals surface area contributed by atoms with Gasteiger partial charge >= 0.3 is 0 Å². The number of aryl methyl sites for hydroxylation is 1. The number of fused-ring (bicyclic) bond motifs is 1. The first-order chi connectivity index (χ1) is 9.70. The third-order valence-corrected chi connectivity index (χ3v) is 3.92. The molecule has 1 unspecified atom stereocenters. The Bertz CT molecular complexity index is 576. The van der Waals surface area contributed by atoms with Gasteiger partial charge in [0.1, 0.15) is 11.5 Å². The summed E-state index contributed by atoms with van der Waals surface area (Å²) in [6, 6.07) is 13.3. The van der Waals surface area contributed by atoms with Gasteiger partial charge in [-0.2, -0.15) is 0 Å². The van der Waals surface area contributed by atoms with Crippen molar-refractivity contribution in [3.63, 3.8) is 0 Å². The molecule has 1 aromatic carbocycles. The summed E-state index contributed by atoms with van der Waals surface area (Å²) in [6.07, 6.45) is 1.11. The van der Waals surface area contributed by atoms with Gasteiger partial charge in [-0.15, -0.1) is 0 Å². The molecule has 1 N–H and O–H groups in total. The number of nitrogens with one attached hydrogen (secondary N) is 1. The van der Waals surface area contributed by atoms with Crippen LogP contribution in [0.15, 0.2) is 40.8 Å². The fourth-order valence-electron chi connectivity index (χ4n) is 2.93. The van der Waals surface area contributed by atoms with Crippen LogP contribution in [-0.4, -0.2) is 24.5 Å². The Balaban J connectivity index is 1.56. The zero-order valence-corrected chi connectivity index (χ0v) is 12.2. The molecule has 20 heavy (non-hydrogen) atoms. The van der Waals surface area contributed by atoms with E-state index in [2.05, 4.69) is 47.6 Å². The Kier molecular flexibility index (Phi) is 3.90. The van der Waals surface area contributed by atoms with Crippen LogP contribution in [0.4, 0.5) is 0 Å². The lowest BCUT2D eigenvalue weighted by molar-refractivity contribution is 0.253. The van der Waals surface area contributed by atoms with E-state index in [0.717, 1.165) is 37.6 Å². The Hall–Kier alpha value is -1.58. The maximum Gasteiger partial charge on any atom is 0.118 e. The van der Waals surface area contributed by atoms with Crippen molar-refractivity contribution in [1.82, 2.24) is 10.2 Å². The molecule has 0 saturated heterocycles. The summed E-state index contributed by atoms with van der Waals surface area (Å²) in [5.74, 6) is 2.03. The second-order valence-electron chi connectivity index (χ2n) is 5.76. The van der Waals surface area contributed by atoms with Gasteiger partial charge < -0.3 is 9.73 Å². The van der Waals surface area contributed by atoms with Crippen LogP contribution in [0.5, 0.6) is 0 Å². The second kappa shape index (κ2) is 5.81. The smallest absolute Gasteiger partial charge is 0.118 e. The first-order valence-corrected chi connectivity index (χ1v) is 7.25. The predicted molar refractivity (Wildman–Crippen MR) is 80.6 cm³/mol. The second-order valence-corrected chi connectivity index (χ2v) is 5.76. The van der Waals surface area contributed by atoms with E-state index in [1.165, 1.54) is 11.1 Å². The third kappa shape index (κ3) is 3.11. The number of furan rings is 1. The summed E-state index contributed by atoms with van der Waals surface area (Å²) >= 11 is 0. The SMILES string of the molecule is Cc1ccc(CN(C)CC2Cc3ccccc3CN2)o1. The van der Waals surface area contributed by atoms with Crippen molar-refractivity contribution in [2.24, 2.45) is 0 Å². The summed E-state index contributed by atoms with van der Waals surface area (Å²) in [7, 11) is 2.15. The number of hydrogen-bond acceptors (Lipinski definition) is 3. The van der Waals surface area contributed by atoms with Crippen LogP contribution in [-0.2, 0) is 19.5 Å². The fourth-order valence-corrected chi connectivity index (χ4v) is 2.93. The molecule has 2 heterocycles. The van der Waals surface area contributed by atoms with Gasteiger partial charge in [-0.25, -0.2) is 0 Å². The van der Waals surface area contributed by atoms with Gasteiger partial charge in [0.2, 0.25) is 0 Å². The van der Waals surface area contributed by atoms with Crippen molar-refractivity contribution < 1.29 is 4.42 Å². The van der Waals surface area contributed by atoms with Gasteiger partial charge in [0, 0.05) is 19.1 Å². The molecule has 3 rings (SSSR count). The maximum absolute atomic E-state index is 5.64. The van der Waals surface area contributed by atoms with Crippen molar-refractivity contribution in [3.8, 4) is 0 Å². The predicted octanol–water partition coefficient (Wildman–Crippen LogP) is 2.73. The van der Waals surface area contributed by atoms with Gasteiger partial charge in [-0.3, -0.25) is 4.90 Å². The Morgan fingerprint density at radius 1 is 1.20 bits per heavy atom. The van der Waals surface area contributed by atoms with Crippen molar-refractivity contribution >= 4 is 0 Å². The molecule has 1 aliphatic heterocycles. The van der Waals surface area contributed by atoms with Crippen LogP contribution < -0.4 is 5.32 Å². The molecule has 106 valence electrons. The molecule has 3 heteroatoms. The number of nitrogens with zero attached hydrogens (tertiary/aromatic N) is 1. The van der Waals surface area contributed by atoms with Crippen LogP contribution in [0, 0.1) is 6.92 Å². The topological polar surface area (TPSA) is 28.4 Å². The van der Waals surface area contributed by atoms with Crippen molar-refractivity contribution in [2.75, 3.05) is 13.6 Å². The standard InChI is InChI=1S/C17H22N2O/c1-13-7-8-17(20-13)12-19(2)11-16-9-14-5-3-4-6-15(14)10-18-16/h3-8,16,18H,9-12H2,1-2H3. The monoisotopic (exact) mass is 270 g/mol. The van der Waals surface area contributed by atoms with Crippen LogP contribution in [0.25, 0.3) is 0 Å². The lowest BCUT2D eigenvalue weighted by Crippen LogP contribution is -2.43. The van der Waals surface area contributed by atoms with Crippen LogP contribution in [0.3, 0.4) is 0 Å². The molecule has 1 aromatic heterocycles. The molecular weight excluding hydrogens is 248 g/mol. The first-order valence-electron chi connectivity index (χ1n) is 7.25. The van der Waals surface area contributed by atoms with Gasteiger partial charge in [-0.05, 0) is 43.7 Å². The zero-order valence-electron chi connectivity index (χ0n) is 12.2. The molecular formula is C17H22N2O. The minimum Gasteiger partial charge on any atom is -0.465 e. The Labute approximate surface area is 120 Å². The highest BCUT2D eigenvalue weighted by molar-refractivity contribution is 5.29. The number of rotatable bonds is 4. The van der Waals surface area contributed by atoms with E-state index in [1.54, 1.807) is 0 Å². The van der Waals surface area contributed by atoms with Crippen molar-refractivity contribution in [2.45, 2.75) is 32.5 Å². The van der Waals surface area contributed by atoms with Crippen molar-refractivity contribution in [1.29, 1.82) is 0 Å². The Morgan fingerprint density at radius 2 is 2.00 bits per heavy atom. The third-order valence-electron chi connectivity index (χ3n) is 3.92. The van der Waals surface area contributed by atoms with E-state index in [1.807, 2.05) is 13.0 Å². The molecule has 1 aliphatic rings. The number of likely N-dealkylation sites (N-methyl/N-ethyl adjacent to an activating group) is 1. The lowest BCUT2D eigenvalue weighted by Gasteiger charge is -2.29. The van der Waals surface area contributed by atoms with Gasteiger partial charge in [-0.1, -0.05) is 24.3 Å². The highest BCUT2D eigenvalue weighted by Gasteiger charge is 2.19. The molecule has 0 saturated carbocycles. The largest absolute Gasteiger partial charge is 0.465 e. The van der Waals surface area contributed by atoms with Gasteiger partial charge in [0.25, 0.3) is 0 Å². The van der Waals surface area contributed by atoms with Crippen LogP contribution in [0.1, 0.15) is 22.6 Å². The van der Waals surface area contributed by atoms with Crippen molar-refractivity contribution in [3.05, 3.63) is 59.0 Å². The van der Waals surface area contributed by atoms with E-state index in [9.17, 15) is 0 Å². The van der Waals surface area contributed by atoms with Crippen LogP contribution in [0.2, 0.25) is 0 Å². The van der Waals surface area contributed by atoms with E-state index in [4.69, 9.17) is 4.42 Å². The molecule has 2 aromatic rings. The minimum absolute atomic E-state index is 0.519. The van der Waals surface area contributed by atoms with Gasteiger partial charge in [0.15, 0.2) is 0 Å². The van der Waals surface area contributed by atoms with E-state index in [0.29, 0.717) is 6.04 Å². The first kappa shape index (κ1) is 13.4. The van der Waals surface area contributed by atoms with Gasteiger partial charge in [0.05, 0.1) is 6.54 Å². The highest BCUT2D eigenvalue weighted by atomic mass is 16.3. The highest BCUT2D eigenvalue weighted by Crippen LogP contribution is 2.17. The summed E-state index contributed by atoms with van der Waals surface area (Å²) in [5, 5.41) is 3.62. The summed E-state index contributed by atoms with van der Waals surface area (Å²) in [4.78, 5) is 2.32. The van der Waals surface area contributed by atoms with E-state index >= 15 is 0 Å². The lowest BCUT2D eigenvalue weighted by atomic mass is 9.96. The molecule has 0 radical (unpaired) electrons. The molecule has 1 atom stereocenters. The molecule has 0 fully saturated rings. The van der Waals surface area contributed by atoms with E-state index < -0.39 is 0 Å². The molecule has 0 amide bonds. The average Bonchev–Trinajstić information content (AvgIpc) is 2.83. The van der Waals surface area contributed by atoms with Crippen LogP contribution >= 0.6 is 0 Å². The molecule has 0 bridgehead atoms. The zero-order chi connectivity index (χ0) is 13.9. The molecule has 3 nitrogen and oxygen atoms in total.